The van der Waals surface area contributed by atoms with Gasteiger partial charge < -0.3 is 19.3 Å². The first kappa shape index (κ1) is 26.5. The van der Waals surface area contributed by atoms with E-state index in [-0.39, 0.29) is 5.92 Å². The molecule has 0 saturated carbocycles. The van der Waals surface area contributed by atoms with Crippen LogP contribution >= 0.6 is 0 Å². The maximum Gasteiger partial charge on any atom is 0.261 e. The second kappa shape index (κ2) is 13.0. The molecule has 31 heavy (non-hydrogen) atoms. The lowest BCUT2D eigenvalue weighted by Crippen LogP contribution is -2.17. The molecular formula is C26H39NO4. The highest BCUT2D eigenvalue weighted by Crippen LogP contribution is 2.39. The van der Waals surface area contributed by atoms with Crippen LogP contribution in [0, 0.1) is 12.8 Å². The van der Waals surface area contributed by atoms with Crippen LogP contribution in [-0.4, -0.2) is 37.5 Å². The SMILES string of the molecule is C/C=C(\C)[C@H](O)[C@H](C)/C=C(C)/C=C/C/C(C)=C/Cc1nc(OC)c(OC)c(OC)c1C. The van der Waals surface area contributed by atoms with Crippen molar-refractivity contribution in [2.45, 2.75) is 60.5 Å². The number of methoxy groups -OCH3 is 3. The third-order valence-electron chi connectivity index (χ3n) is 5.42. The van der Waals surface area contributed by atoms with Gasteiger partial charge in [0.25, 0.3) is 5.88 Å². The van der Waals surface area contributed by atoms with E-state index in [1.54, 1.807) is 21.3 Å². The van der Waals surface area contributed by atoms with Gasteiger partial charge in [-0.1, -0.05) is 48.5 Å². The minimum Gasteiger partial charge on any atom is -0.492 e. The van der Waals surface area contributed by atoms with Crippen LogP contribution in [-0.2, 0) is 6.42 Å². The Kier molecular flexibility index (Phi) is 11.1. The standard InChI is InChI=1S/C26H39NO4/c1-10-19(4)23(28)20(5)16-18(3)13-11-12-17(2)14-15-22-21(6)24(29-7)25(30-8)26(27-22)31-9/h10-11,13-14,16,20,23,28H,12,15H2,1-9H3/b13-11+,17-14+,18-16+,19-10+/t20-,23+/m1/s1. The topological polar surface area (TPSA) is 60.8 Å². The fourth-order valence-corrected chi connectivity index (χ4v) is 3.35. The average molecular weight is 430 g/mol. The Labute approximate surface area is 188 Å². The van der Waals surface area contributed by atoms with Crippen molar-refractivity contribution in [3.05, 3.63) is 58.4 Å². The molecule has 1 N–H and O–H groups in total. The molecule has 0 fully saturated rings. The molecule has 1 heterocycles. The van der Waals surface area contributed by atoms with E-state index < -0.39 is 6.10 Å². The number of aromatic nitrogens is 1. The summed E-state index contributed by atoms with van der Waals surface area (Å²) in [4.78, 5) is 4.59. The Bertz CT molecular complexity index is 849. The van der Waals surface area contributed by atoms with Crippen LogP contribution in [0.2, 0.25) is 0 Å². The van der Waals surface area contributed by atoms with Crippen molar-refractivity contribution in [1.82, 2.24) is 4.98 Å². The highest BCUT2D eigenvalue weighted by atomic mass is 16.5. The van der Waals surface area contributed by atoms with Crippen LogP contribution in [0.4, 0.5) is 0 Å². The molecule has 172 valence electrons. The minimum atomic E-state index is -0.441. The van der Waals surface area contributed by atoms with Gasteiger partial charge in [-0.05, 0) is 46.6 Å². The number of aliphatic hydroxyl groups excluding tert-OH is 1. The van der Waals surface area contributed by atoms with Gasteiger partial charge in [-0.15, -0.1) is 0 Å². The molecular weight excluding hydrogens is 390 g/mol. The molecule has 0 aliphatic rings. The molecule has 1 rings (SSSR count). The van der Waals surface area contributed by atoms with Gasteiger partial charge in [0.15, 0.2) is 5.75 Å². The van der Waals surface area contributed by atoms with E-state index in [9.17, 15) is 5.11 Å². The van der Waals surface area contributed by atoms with E-state index in [0.29, 0.717) is 23.8 Å². The number of rotatable bonds is 11. The first-order valence-electron chi connectivity index (χ1n) is 10.7. The van der Waals surface area contributed by atoms with E-state index in [2.05, 4.69) is 43.1 Å². The molecule has 0 unspecified atom stereocenters. The molecule has 0 aliphatic heterocycles. The Morgan fingerprint density at radius 3 is 2.26 bits per heavy atom. The van der Waals surface area contributed by atoms with Gasteiger partial charge in [0.05, 0.1) is 33.1 Å². The van der Waals surface area contributed by atoms with Crippen molar-refractivity contribution in [2.24, 2.45) is 5.92 Å². The second-order valence-corrected chi connectivity index (χ2v) is 7.87. The van der Waals surface area contributed by atoms with Crippen LogP contribution in [0.3, 0.4) is 0 Å². The van der Waals surface area contributed by atoms with Crippen molar-refractivity contribution in [3.8, 4) is 17.4 Å². The average Bonchev–Trinajstić information content (AvgIpc) is 2.76. The molecule has 2 atom stereocenters. The summed E-state index contributed by atoms with van der Waals surface area (Å²) in [5, 5.41) is 10.3. The summed E-state index contributed by atoms with van der Waals surface area (Å²) in [7, 11) is 4.78. The van der Waals surface area contributed by atoms with E-state index in [1.807, 2.05) is 33.8 Å². The minimum absolute atomic E-state index is 0.0755. The lowest BCUT2D eigenvalue weighted by molar-refractivity contribution is 0.173. The van der Waals surface area contributed by atoms with E-state index in [0.717, 1.165) is 28.8 Å². The number of hydrogen-bond donors (Lipinski definition) is 1. The Hall–Kier alpha value is -2.53. The second-order valence-electron chi connectivity index (χ2n) is 7.87. The van der Waals surface area contributed by atoms with Crippen molar-refractivity contribution in [3.63, 3.8) is 0 Å². The van der Waals surface area contributed by atoms with Crippen molar-refractivity contribution in [2.75, 3.05) is 21.3 Å². The Balaban J connectivity index is 2.85. The van der Waals surface area contributed by atoms with Crippen LogP contribution in [0.5, 0.6) is 17.4 Å². The van der Waals surface area contributed by atoms with Crippen molar-refractivity contribution in [1.29, 1.82) is 0 Å². The lowest BCUT2D eigenvalue weighted by Gasteiger charge is -2.16. The summed E-state index contributed by atoms with van der Waals surface area (Å²) in [6.07, 6.45) is 11.6. The molecule has 0 aliphatic carbocycles. The number of ether oxygens (including phenoxy) is 3. The first-order chi connectivity index (χ1) is 14.7. The highest BCUT2D eigenvalue weighted by Gasteiger charge is 2.19. The Morgan fingerprint density at radius 2 is 1.71 bits per heavy atom. The number of pyridine rings is 1. The number of hydrogen-bond acceptors (Lipinski definition) is 5. The third-order valence-corrected chi connectivity index (χ3v) is 5.42. The van der Waals surface area contributed by atoms with Crippen LogP contribution < -0.4 is 14.2 Å². The van der Waals surface area contributed by atoms with Gasteiger partial charge >= 0.3 is 0 Å². The van der Waals surface area contributed by atoms with Crippen LogP contribution in [0.1, 0.15) is 52.3 Å². The van der Waals surface area contributed by atoms with Gasteiger partial charge in [-0.25, -0.2) is 4.98 Å². The maximum absolute atomic E-state index is 10.3. The molecule has 0 amide bonds. The van der Waals surface area contributed by atoms with Gasteiger partial charge in [0.2, 0.25) is 5.75 Å². The van der Waals surface area contributed by atoms with Crippen molar-refractivity contribution < 1.29 is 19.3 Å². The largest absolute Gasteiger partial charge is 0.492 e. The zero-order chi connectivity index (χ0) is 23.6. The normalized spacial score (nSPS) is 15.2. The summed E-state index contributed by atoms with van der Waals surface area (Å²) in [6, 6.07) is 0. The van der Waals surface area contributed by atoms with E-state index in [1.165, 1.54) is 5.57 Å². The van der Waals surface area contributed by atoms with Gasteiger partial charge in [-0.2, -0.15) is 0 Å². The first-order valence-corrected chi connectivity index (χ1v) is 10.7. The maximum atomic E-state index is 10.3. The number of allylic oxidation sites excluding steroid dienone is 6. The van der Waals surface area contributed by atoms with E-state index >= 15 is 0 Å². The monoisotopic (exact) mass is 429 g/mol. The predicted molar refractivity (Wildman–Crippen MR) is 128 cm³/mol. The Morgan fingerprint density at radius 1 is 1.06 bits per heavy atom. The molecule has 1 aromatic heterocycles. The zero-order valence-corrected chi connectivity index (χ0v) is 20.6. The highest BCUT2D eigenvalue weighted by molar-refractivity contribution is 5.54. The molecule has 0 spiro atoms. The molecule has 0 aromatic carbocycles. The summed E-state index contributed by atoms with van der Waals surface area (Å²) >= 11 is 0. The summed E-state index contributed by atoms with van der Waals surface area (Å²) in [6.45, 7) is 12.1. The summed E-state index contributed by atoms with van der Waals surface area (Å²) in [5.74, 6) is 1.67. The molecule has 5 nitrogen and oxygen atoms in total. The van der Waals surface area contributed by atoms with Crippen LogP contribution in [0.15, 0.2) is 47.1 Å². The van der Waals surface area contributed by atoms with Gasteiger partial charge in [0.1, 0.15) is 0 Å². The smallest absolute Gasteiger partial charge is 0.261 e. The van der Waals surface area contributed by atoms with E-state index in [4.69, 9.17) is 14.2 Å². The predicted octanol–water partition coefficient (Wildman–Crippen LogP) is 5.76. The third kappa shape index (κ3) is 7.59. The van der Waals surface area contributed by atoms with Crippen molar-refractivity contribution >= 4 is 0 Å². The molecule has 0 saturated heterocycles. The molecule has 0 bridgehead atoms. The number of nitrogens with zero attached hydrogens (tertiary/aromatic N) is 1. The molecule has 1 aromatic rings. The van der Waals surface area contributed by atoms with Gasteiger partial charge in [-0.3, -0.25) is 0 Å². The lowest BCUT2D eigenvalue weighted by atomic mass is 9.96. The quantitative estimate of drug-likeness (QED) is 0.358. The van der Waals surface area contributed by atoms with Crippen LogP contribution in [0.25, 0.3) is 0 Å². The summed E-state index contributed by atoms with van der Waals surface area (Å²) in [5.41, 5.74) is 5.23. The fourth-order valence-electron chi connectivity index (χ4n) is 3.35. The number of aliphatic hydroxyl groups is 1. The fraction of sp³-hybridized carbons (Fsp3) is 0.500. The molecule has 0 radical (unpaired) electrons. The zero-order valence-electron chi connectivity index (χ0n) is 20.6. The van der Waals surface area contributed by atoms with Gasteiger partial charge in [0, 0.05) is 17.9 Å². The molecule has 5 heteroatoms. The summed E-state index contributed by atoms with van der Waals surface area (Å²) < 4.78 is 16.3.